The largest absolute Gasteiger partial charge is 0.303 e. The number of thiophene rings is 1. The number of benzene rings is 1. The van der Waals surface area contributed by atoms with E-state index in [1.54, 1.807) is 0 Å². The van der Waals surface area contributed by atoms with Gasteiger partial charge in [0.15, 0.2) is 11.6 Å². The van der Waals surface area contributed by atoms with Crippen LogP contribution in [0, 0.1) is 13.8 Å². The van der Waals surface area contributed by atoms with Crippen LogP contribution < -0.4 is 5.56 Å². The van der Waals surface area contributed by atoms with E-state index in [1.165, 1.54) is 28.8 Å². The van der Waals surface area contributed by atoms with Gasteiger partial charge in [0.2, 0.25) is 0 Å². The highest BCUT2D eigenvalue weighted by Gasteiger charge is 2.15. The van der Waals surface area contributed by atoms with Crippen LogP contribution in [0.3, 0.4) is 0 Å². The molecule has 7 heteroatoms. The summed E-state index contributed by atoms with van der Waals surface area (Å²) >= 11 is 1.45. The molecule has 0 fully saturated rings. The minimum absolute atomic E-state index is 0.170. The first kappa shape index (κ1) is 13.8. The molecule has 6 nitrogen and oxygen atoms in total. The molecule has 0 saturated heterocycles. The van der Waals surface area contributed by atoms with E-state index in [9.17, 15) is 4.79 Å². The molecule has 1 aromatic carbocycles. The molecule has 0 radical (unpaired) electrons. The summed E-state index contributed by atoms with van der Waals surface area (Å²) in [4.78, 5) is 24.5. The minimum atomic E-state index is -0.170. The van der Waals surface area contributed by atoms with Gasteiger partial charge in [0.1, 0.15) is 11.2 Å². The maximum absolute atomic E-state index is 12.6. The summed E-state index contributed by atoms with van der Waals surface area (Å²) in [6.07, 6.45) is 1.38. The normalized spacial score (nSPS) is 11.2. The summed E-state index contributed by atoms with van der Waals surface area (Å²) in [7, 11) is 0. The number of nitrogens with one attached hydrogen (secondary N) is 2. The number of aromatic amines is 2. The highest BCUT2D eigenvalue weighted by molar-refractivity contribution is 7.17. The molecule has 0 unspecified atom stereocenters. The summed E-state index contributed by atoms with van der Waals surface area (Å²) in [6, 6.07) is 6.20. The zero-order chi connectivity index (χ0) is 16.0. The molecule has 114 valence electrons. The maximum Gasteiger partial charge on any atom is 0.260 e. The van der Waals surface area contributed by atoms with E-state index in [4.69, 9.17) is 0 Å². The first-order valence-corrected chi connectivity index (χ1v) is 7.96. The molecule has 0 saturated carbocycles. The molecule has 0 spiro atoms. The average Bonchev–Trinajstić information content (AvgIpc) is 3.19. The van der Waals surface area contributed by atoms with Crippen LogP contribution in [0.2, 0.25) is 0 Å². The lowest BCUT2D eigenvalue weighted by molar-refractivity contribution is 1.06. The van der Waals surface area contributed by atoms with Crippen molar-refractivity contribution in [2.45, 2.75) is 13.8 Å². The van der Waals surface area contributed by atoms with E-state index in [2.05, 4.69) is 51.1 Å². The van der Waals surface area contributed by atoms with Crippen molar-refractivity contribution in [1.82, 2.24) is 25.1 Å². The standard InChI is InChI=1S/C16H13N5OS/c1-8-3-4-10(5-9(8)2)11-6-23-16-12(11)15(22)19-14(20-16)13-17-7-18-21-13/h3-7H,1-2H3,(H,17,18,21)(H,19,20,22). The Morgan fingerprint density at radius 3 is 2.74 bits per heavy atom. The van der Waals surface area contributed by atoms with Gasteiger partial charge in [-0.05, 0) is 30.5 Å². The fourth-order valence-corrected chi connectivity index (χ4v) is 3.45. The van der Waals surface area contributed by atoms with Gasteiger partial charge >= 0.3 is 0 Å². The summed E-state index contributed by atoms with van der Waals surface area (Å²) in [5.74, 6) is 0.846. The third-order valence-electron chi connectivity index (χ3n) is 3.90. The number of nitrogens with zero attached hydrogens (tertiary/aromatic N) is 3. The van der Waals surface area contributed by atoms with Gasteiger partial charge in [-0.25, -0.2) is 9.97 Å². The topological polar surface area (TPSA) is 87.3 Å². The Labute approximate surface area is 135 Å². The third-order valence-corrected chi connectivity index (χ3v) is 4.77. The highest BCUT2D eigenvalue weighted by Crippen LogP contribution is 2.32. The van der Waals surface area contributed by atoms with Crippen LogP contribution in [-0.4, -0.2) is 25.1 Å². The van der Waals surface area contributed by atoms with Gasteiger partial charge in [-0.2, -0.15) is 5.10 Å². The Morgan fingerprint density at radius 1 is 1.13 bits per heavy atom. The minimum Gasteiger partial charge on any atom is -0.303 e. The lowest BCUT2D eigenvalue weighted by atomic mass is 10.0. The van der Waals surface area contributed by atoms with Crippen LogP contribution in [0.25, 0.3) is 33.0 Å². The van der Waals surface area contributed by atoms with Gasteiger partial charge in [0.05, 0.1) is 5.39 Å². The second-order valence-electron chi connectivity index (χ2n) is 5.38. The van der Waals surface area contributed by atoms with Gasteiger partial charge in [0.25, 0.3) is 5.56 Å². The van der Waals surface area contributed by atoms with Crippen LogP contribution in [0.15, 0.2) is 34.7 Å². The second kappa shape index (κ2) is 5.13. The van der Waals surface area contributed by atoms with Crippen molar-refractivity contribution in [3.05, 3.63) is 51.4 Å². The molecule has 4 rings (SSSR count). The van der Waals surface area contributed by atoms with Crippen molar-refractivity contribution in [3.63, 3.8) is 0 Å². The predicted octanol–water partition coefficient (Wildman–Crippen LogP) is 3.05. The van der Waals surface area contributed by atoms with E-state index < -0.39 is 0 Å². The maximum atomic E-state index is 12.6. The molecule has 3 heterocycles. The molecule has 0 aliphatic heterocycles. The Kier molecular flexibility index (Phi) is 3.09. The van der Waals surface area contributed by atoms with Crippen molar-refractivity contribution in [3.8, 4) is 22.8 Å². The van der Waals surface area contributed by atoms with Crippen molar-refractivity contribution in [1.29, 1.82) is 0 Å². The number of rotatable bonds is 2. The molecule has 3 aromatic heterocycles. The molecule has 0 bridgehead atoms. The van der Waals surface area contributed by atoms with Crippen LogP contribution in [0.1, 0.15) is 11.1 Å². The third kappa shape index (κ3) is 2.25. The number of aromatic nitrogens is 5. The summed E-state index contributed by atoms with van der Waals surface area (Å²) in [5.41, 5.74) is 4.19. The Bertz CT molecular complexity index is 1060. The lowest BCUT2D eigenvalue weighted by Gasteiger charge is -2.04. The molecule has 0 aliphatic rings. The fraction of sp³-hybridized carbons (Fsp3) is 0.125. The smallest absolute Gasteiger partial charge is 0.260 e. The average molecular weight is 323 g/mol. The van der Waals surface area contributed by atoms with Gasteiger partial charge in [0, 0.05) is 10.9 Å². The van der Waals surface area contributed by atoms with Gasteiger partial charge in [-0.15, -0.1) is 11.3 Å². The van der Waals surface area contributed by atoms with Crippen LogP contribution in [0.4, 0.5) is 0 Å². The monoisotopic (exact) mass is 323 g/mol. The van der Waals surface area contributed by atoms with E-state index in [-0.39, 0.29) is 5.56 Å². The molecule has 4 aromatic rings. The van der Waals surface area contributed by atoms with Crippen molar-refractivity contribution >= 4 is 21.6 Å². The number of H-pyrrole nitrogens is 2. The van der Waals surface area contributed by atoms with E-state index in [1.807, 2.05) is 11.4 Å². The first-order chi connectivity index (χ1) is 11.1. The molecular weight excluding hydrogens is 310 g/mol. The van der Waals surface area contributed by atoms with Crippen molar-refractivity contribution in [2.75, 3.05) is 0 Å². The predicted molar refractivity (Wildman–Crippen MR) is 90.5 cm³/mol. The van der Waals surface area contributed by atoms with Crippen LogP contribution >= 0.6 is 11.3 Å². The highest BCUT2D eigenvalue weighted by atomic mass is 32.1. The quantitative estimate of drug-likeness (QED) is 0.593. The van der Waals surface area contributed by atoms with Crippen molar-refractivity contribution < 1.29 is 0 Å². The molecule has 0 aliphatic carbocycles. The summed E-state index contributed by atoms with van der Waals surface area (Å²) in [6.45, 7) is 4.14. The first-order valence-electron chi connectivity index (χ1n) is 7.08. The Morgan fingerprint density at radius 2 is 2.00 bits per heavy atom. The van der Waals surface area contributed by atoms with Gasteiger partial charge in [-0.1, -0.05) is 18.2 Å². The SMILES string of the molecule is Cc1ccc(-c2csc3nc(-c4ncn[nH]4)[nH]c(=O)c23)cc1C. The van der Waals surface area contributed by atoms with Crippen LogP contribution in [-0.2, 0) is 0 Å². The fourth-order valence-electron chi connectivity index (χ4n) is 2.50. The molecule has 23 heavy (non-hydrogen) atoms. The number of hydrogen-bond donors (Lipinski definition) is 2. The summed E-state index contributed by atoms with van der Waals surface area (Å²) < 4.78 is 0. The molecule has 0 atom stereocenters. The molecular formula is C16H13N5OS. The van der Waals surface area contributed by atoms with Crippen molar-refractivity contribution in [2.24, 2.45) is 0 Å². The second-order valence-corrected chi connectivity index (χ2v) is 6.24. The van der Waals surface area contributed by atoms with E-state index in [0.717, 1.165) is 11.1 Å². The van der Waals surface area contributed by atoms with E-state index >= 15 is 0 Å². The van der Waals surface area contributed by atoms with E-state index in [0.29, 0.717) is 21.9 Å². The van der Waals surface area contributed by atoms with Crippen LogP contribution in [0.5, 0.6) is 0 Å². The molecule has 0 amide bonds. The Balaban J connectivity index is 1.93. The number of aryl methyl sites for hydroxylation is 2. The van der Waals surface area contributed by atoms with Gasteiger partial charge in [-0.3, -0.25) is 9.89 Å². The number of hydrogen-bond acceptors (Lipinski definition) is 5. The lowest BCUT2D eigenvalue weighted by Crippen LogP contribution is -2.09. The zero-order valence-corrected chi connectivity index (χ0v) is 13.4. The summed E-state index contributed by atoms with van der Waals surface area (Å²) in [5, 5.41) is 9.08. The Hall–Kier alpha value is -2.80. The zero-order valence-electron chi connectivity index (χ0n) is 12.5. The number of fused-ring (bicyclic) bond motifs is 1. The van der Waals surface area contributed by atoms with Gasteiger partial charge < -0.3 is 4.98 Å². The molecule has 2 N–H and O–H groups in total.